The van der Waals surface area contributed by atoms with E-state index in [0.29, 0.717) is 29.3 Å². The number of rotatable bonds is 4. The second kappa shape index (κ2) is 6.88. The smallest absolute Gasteiger partial charge is 0.306 e. The molecule has 1 N–H and O–H groups in total. The van der Waals surface area contributed by atoms with Gasteiger partial charge in [0.1, 0.15) is 0 Å². The van der Waals surface area contributed by atoms with E-state index in [1.54, 1.807) is 24.1 Å². The lowest BCUT2D eigenvalue weighted by Gasteiger charge is -2.28. The van der Waals surface area contributed by atoms with Crippen molar-refractivity contribution in [3.05, 3.63) is 33.8 Å². The largest absolute Gasteiger partial charge is 0.481 e. The Morgan fingerprint density at radius 3 is 2.45 bits per heavy atom. The van der Waals surface area contributed by atoms with Gasteiger partial charge in [0.2, 0.25) is 5.91 Å². The van der Waals surface area contributed by atoms with Crippen LogP contribution >= 0.6 is 23.2 Å². The summed E-state index contributed by atoms with van der Waals surface area (Å²) >= 11 is 12.1. The Balaban J connectivity index is 2.08. The first-order valence-corrected chi connectivity index (χ1v) is 8.01. The zero-order valence-electron chi connectivity index (χ0n) is 12.6. The van der Waals surface area contributed by atoms with Crippen molar-refractivity contribution in [3.8, 4) is 0 Å². The van der Waals surface area contributed by atoms with Crippen molar-refractivity contribution in [1.82, 2.24) is 4.90 Å². The fourth-order valence-corrected chi connectivity index (χ4v) is 3.52. The maximum absolute atomic E-state index is 12.6. The fraction of sp³-hybridized carbons (Fsp3) is 0.500. The van der Waals surface area contributed by atoms with E-state index in [1.165, 1.54) is 0 Å². The molecule has 1 fully saturated rings. The number of hydrogen-bond donors (Lipinski definition) is 1. The Bertz CT molecular complexity index is 591. The van der Waals surface area contributed by atoms with Crippen LogP contribution in [0.5, 0.6) is 0 Å². The van der Waals surface area contributed by atoms with E-state index in [-0.39, 0.29) is 17.9 Å². The van der Waals surface area contributed by atoms with E-state index >= 15 is 0 Å². The number of aliphatic carboxylic acids is 1. The molecule has 0 bridgehead atoms. The van der Waals surface area contributed by atoms with Crippen molar-refractivity contribution >= 4 is 35.1 Å². The molecule has 0 aromatic heterocycles. The third-order valence-corrected chi connectivity index (χ3v) is 5.03. The maximum Gasteiger partial charge on any atom is 0.306 e. The summed E-state index contributed by atoms with van der Waals surface area (Å²) in [6, 6.07) is 5.02. The number of amides is 1. The Morgan fingerprint density at radius 1 is 1.27 bits per heavy atom. The SMILES string of the molecule is CC(c1ccc(Cl)cc1Cl)N(C)C(=O)[C@@H]1CC[C@H](C(=O)O)C1. The number of hydrogen-bond acceptors (Lipinski definition) is 2. The number of carboxylic acids is 1. The van der Waals surface area contributed by atoms with E-state index in [1.807, 2.05) is 13.0 Å². The minimum atomic E-state index is -0.813. The second-order valence-electron chi connectivity index (χ2n) is 5.84. The van der Waals surface area contributed by atoms with Crippen LogP contribution in [0.25, 0.3) is 0 Å². The highest BCUT2D eigenvalue weighted by atomic mass is 35.5. The number of nitrogens with zero attached hydrogens (tertiary/aromatic N) is 1. The van der Waals surface area contributed by atoms with Crippen LogP contribution in [0.4, 0.5) is 0 Å². The van der Waals surface area contributed by atoms with Crippen molar-refractivity contribution in [2.45, 2.75) is 32.2 Å². The molecule has 6 heteroatoms. The molecule has 4 nitrogen and oxygen atoms in total. The van der Waals surface area contributed by atoms with Gasteiger partial charge in [-0.05, 0) is 43.9 Å². The van der Waals surface area contributed by atoms with Crippen LogP contribution in [0.15, 0.2) is 18.2 Å². The number of benzene rings is 1. The van der Waals surface area contributed by atoms with Gasteiger partial charge in [0.15, 0.2) is 0 Å². The van der Waals surface area contributed by atoms with Gasteiger partial charge in [0.25, 0.3) is 0 Å². The van der Waals surface area contributed by atoms with Crippen LogP contribution in [-0.2, 0) is 9.59 Å². The highest BCUT2D eigenvalue weighted by Crippen LogP contribution is 2.35. The van der Waals surface area contributed by atoms with Gasteiger partial charge in [-0.25, -0.2) is 0 Å². The molecular formula is C16H19Cl2NO3. The standard InChI is InChI=1S/C16H19Cl2NO3/c1-9(13-6-5-12(17)8-14(13)18)19(2)15(20)10-3-4-11(7-10)16(21)22/h5-6,8-11H,3-4,7H2,1-2H3,(H,21,22)/t9?,10-,11+/m1/s1. The van der Waals surface area contributed by atoms with Crippen molar-refractivity contribution in [2.75, 3.05) is 7.05 Å². The van der Waals surface area contributed by atoms with Crippen LogP contribution < -0.4 is 0 Å². The summed E-state index contributed by atoms with van der Waals surface area (Å²) in [6.07, 6.45) is 1.61. The predicted octanol–water partition coefficient (Wildman–Crippen LogP) is 4.01. The van der Waals surface area contributed by atoms with E-state index < -0.39 is 11.9 Å². The van der Waals surface area contributed by atoms with Crippen LogP contribution in [0, 0.1) is 11.8 Å². The minimum Gasteiger partial charge on any atom is -0.481 e. The highest BCUT2D eigenvalue weighted by molar-refractivity contribution is 6.35. The summed E-state index contributed by atoms with van der Waals surface area (Å²) in [6.45, 7) is 1.90. The number of carbonyl (C=O) groups is 2. The van der Waals surface area contributed by atoms with Crippen molar-refractivity contribution in [3.63, 3.8) is 0 Å². The summed E-state index contributed by atoms with van der Waals surface area (Å²) in [5.74, 6) is -1.47. The van der Waals surface area contributed by atoms with Crippen LogP contribution in [0.1, 0.15) is 37.8 Å². The fourth-order valence-electron chi connectivity index (χ4n) is 2.96. The van der Waals surface area contributed by atoms with Crippen LogP contribution in [-0.4, -0.2) is 28.9 Å². The Kier molecular flexibility index (Phi) is 5.35. The average Bonchev–Trinajstić information content (AvgIpc) is 2.95. The molecule has 1 aliphatic carbocycles. The first-order chi connectivity index (χ1) is 10.3. The molecule has 22 heavy (non-hydrogen) atoms. The summed E-state index contributed by atoms with van der Waals surface area (Å²) in [4.78, 5) is 25.2. The molecule has 1 aromatic carbocycles. The van der Waals surface area contributed by atoms with Gasteiger partial charge in [-0.2, -0.15) is 0 Å². The average molecular weight is 344 g/mol. The molecule has 0 saturated heterocycles. The van der Waals surface area contributed by atoms with Gasteiger partial charge in [-0.3, -0.25) is 9.59 Å². The molecule has 2 rings (SSSR count). The predicted molar refractivity (Wildman–Crippen MR) is 86.1 cm³/mol. The molecule has 1 aromatic rings. The maximum atomic E-state index is 12.6. The summed E-state index contributed by atoms with van der Waals surface area (Å²) in [7, 11) is 1.73. The molecule has 0 radical (unpaired) electrons. The zero-order chi connectivity index (χ0) is 16.4. The topological polar surface area (TPSA) is 57.6 Å². The molecule has 0 heterocycles. The summed E-state index contributed by atoms with van der Waals surface area (Å²) in [5.41, 5.74) is 0.828. The van der Waals surface area contributed by atoms with Gasteiger partial charge in [0.05, 0.1) is 12.0 Å². The Morgan fingerprint density at radius 2 is 1.91 bits per heavy atom. The molecule has 1 aliphatic rings. The van der Waals surface area contributed by atoms with Gasteiger partial charge < -0.3 is 10.0 Å². The monoisotopic (exact) mass is 343 g/mol. The third kappa shape index (κ3) is 3.55. The molecule has 1 unspecified atom stereocenters. The molecule has 0 spiro atoms. The molecule has 0 aliphatic heterocycles. The molecule has 3 atom stereocenters. The van der Waals surface area contributed by atoms with Gasteiger partial charge in [-0.15, -0.1) is 0 Å². The van der Waals surface area contributed by atoms with Crippen molar-refractivity contribution in [2.24, 2.45) is 11.8 Å². The van der Waals surface area contributed by atoms with E-state index in [4.69, 9.17) is 28.3 Å². The lowest BCUT2D eigenvalue weighted by atomic mass is 10.0. The Hall–Kier alpha value is -1.26. The van der Waals surface area contributed by atoms with Crippen LogP contribution in [0.2, 0.25) is 10.0 Å². The lowest BCUT2D eigenvalue weighted by Crippen LogP contribution is -2.34. The Labute approximate surface area is 140 Å². The number of carbonyl (C=O) groups excluding carboxylic acids is 1. The molecule has 1 amide bonds. The molecule has 120 valence electrons. The normalized spacial score (nSPS) is 22.4. The first-order valence-electron chi connectivity index (χ1n) is 7.25. The van der Waals surface area contributed by atoms with Crippen molar-refractivity contribution < 1.29 is 14.7 Å². The number of halogens is 2. The molecular weight excluding hydrogens is 325 g/mol. The second-order valence-corrected chi connectivity index (χ2v) is 6.68. The van der Waals surface area contributed by atoms with E-state index in [9.17, 15) is 9.59 Å². The van der Waals surface area contributed by atoms with E-state index in [2.05, 4.69) is 0 Å². The van der Waals surface area contributed by atoms with Crippen LogP contribution in [0.3, 0.4) is 0 Å². The van der Waals surface area contributed by atoms with Crippen molar-refractivity contribution in [1.29, 1.82) is 0 Å². The van der Waals surface area contributed by atoms with E-state index in [0.717, 1.165) is 5.56 Å². The first kappa shape index (κ1) is 17.1. The van der Waals surface area contributed by atoms with Gasteiger partial charge in [0, 0.05) is 23.0 Å². The minimum absolute atomic E-state index is 0.0257. The molecule has 1 saturated carbocycles. The zero-order valence-corrected chi connectivity index (χ0v) is 14.1. The summed E-state index contributed by atoms with van der Waals surface area (Å²) in [5, 5.41) is 10.1. The van der Waals surface area contributed by atoms with Gasteiger partial charge in [-0.1, -0.05) is 29.3 Å². The quantitative estimate of drug-likeness (QED) is 0.898. The highest BCUT2D eigenvalue weighted by Gasteiger charge is 2.36. The number of carboxylic acid groups (broad SMARTS) is 1. The van der Waals surface area contributed by atoms with Gasteiger partial charge >= 0.3 is 5.97 Å². The lowest BCUT2D eigenvalue weighted by molar-refractivity contribution is -0.141. The third-order valence-electron chi connectivity index (χ3n) is 4.47. The summed E-state index contributed by atoms with van der Waals surface area (Å²) < 4.78 is 0.